The Morgan fingerprint density at radius 1 is 1.47 bits per heavy atom. The number of rotatable bonds is 1. The number of aryl methyl sites for hydroxylation is 1. The molecule has 1 saturated heterocycles. The zero-order valence-electron chi connectivity index (χ0n) is 8.56. The van der Waals surface area contributed by atoms with E-state index in [-0.39, 0.29) is 18.3 Å². The van der Waals surface area contributed by atoms with Crippen LogP contribution in [0.5, 0.6) is 5.75 Å². The quantitative estimate of drug-likeness (QED) is 0.749. The maximum atomic E-state index is 11.5. The van der Waals surface area contributed by atoms with E-state index in [1.165, 1.54) is 0 Å². The fraction of sp³-hybridized carbons (Fsp3) is 0.364. The molecule has 0 radical (unpaired) electrons. The van der Waals surface area contributed by atoms with E-state index in [0.29, 0.717) is 13.2 Å². The molecule has 1 aromatic carbocycles. The highest BCUT2D eigenvalue weighted by atomic mass is 16.5. The zero-order valence-corrected chi connectivity index (χ0v) is 8.56. The lowest BCUT2D eigenvalue weighted by atomic mass is 10.2. The Hall–Kier alpha value is -1.55. The summed E-state index contributed by atoms with van der Waals surface area (Å²) in [4.78, 5) is 13.2. The Morgan fingerprint density at radius 2 is 2.27 bits per heavy atom. The Balaban J connectivity index is 2.28. The first-order valence-electron chi connectivity index (χ1n) is 4.86. The van der Waals surface area contributed by atoms with Crippen LogP contribution in [0.15, 0.2) is 18.2 Å². The lowest BCUT2D eigenvalue weighted by Gasteiger charge is -2.27. The third kappa shape index (κ3) is 1.94. The van der Waals surface area contributed by atoms with Crippen molar-refractivity contribution in [1.29, 1.82) is 0 Å². The fourth-order valence-corrected chi connectivity index (χ4v) is 1.60. The average molecular weight is 207 g/mol. The predicted octanol–water partition coefficient (Wildman–Crippen LogP) is 1.06. The van der Waals surface area contributed by atoms with Gasteiger partial charge in [-0.3, -0.25) is 4.79 Å². The summed E-state index contributed by atoms with van der Waals surface area (Å²) in [6, 6.07) is 5.15. The molecular weight excluding hydrogens is 194 g/mol. The maximum Gasteiger partial charge on any atom is 0.253 e. The van der Waals surface area contributed by atoms with Gasteiger partial charge in [-0.1, -0.05) is 0 Å². The standard InChI is InChI=1S/C11H13NO3/c1-8-6-9(2-3-10(8)13)12-4-5-15-7-11(12)14/h2-3,6,13H,4-5,7H2,1H3. The second kappa shape index (κ2) is 3.90. The summed E-state index contributed by atoms with van der Waals surface area (Å²) < 4.78 is 5.05. The van der Waals surface area contributed by atoms with Crippen molar-refractivity contribution >= 4 is 11.6 Å². The van der Waals surface area contributed by atoms with E-state index < -0.39 is 0 Å². The Kier molecular flexibility index (Phi) is 2.60. The van der Waals surface area contributed by atoms with E-state index in [2.05, 4.69) is 0 Å². The van der Waals surface area contributed by atoms with Crippen molar-refractivity contribution in [3.63, 3.8) is 0 Å². The van der Waals surface area contributed by atoms with Gasteiger partial charge in [-0.25, -0.2) is 0 Å². The smallest absolute Gasteiger partial charge is 0.253 e. The van der Waals surface area contributed by atoms with Crippen molar-refractivity contribution in [2.24, 2.45) is 0 Å². The molecule has 0 aromatic heterocycles. The SMILES string of the molecule is Cc1cc(N2CCOCC2=O)ccc1O. The van der Waals surface area contributed by atoms with Crippen molar-refractivity contribution in [3.05, 3.63) is 23.8 Å². The van der Waals surface area contributed by atoms with Gasteiger partial charge in [0.15, 0.2) is 0 Å². The van der Waals surface area contributed by atoms with Crippen LogP contribution in [0.25, 0.3) is 0 Å². The van der Waals surface area contributed by atoms with Crippen molar-refractivity contribution in [3.8, 4) is 5.75 Å². The van der Waals surface area contributed by atoms with Gasteiger partial charge in [-0.2, -0.15) is 0 Å². The molecule has 1 aromatic rings. The molecule has 1 aliphatic rings. The van der Waals surface area contributed by atoms with Gasteiger partial charge in [0.2, 0.25) is 0 Å². The van der Waals surface area contributed by atoms with Crippen molar-refractivity contribution in [2.75, 3.05) is 24.7 Å². The molecule has 0 atom stereocenters. The number of aromatic hydroxyl groups is 1. The third-order valence-corrected chi connectivity index (χ3v) is 2.48. The molecule has 0 spiro atoms. The monoisotopic (exact) mass is 207 g/mol. The van der Waals surface area contributed by atoms with Crippen LogP contribution in [0.4, 0.5) is 5.69 Å². The normalized spacial score (nSPS) is 16.9. The second-order valence-corrected chi connectivity index (χ2v) is 3.57. The number of hydrogen-bond donors (Lipinski definition) is 1. The number of carbonyl (C=O) groups excluding carboxylic acids is 1. The summed E-state index contributed by atoms with van der Waals surface area (Å²) in [5.41, 5.74) is 1.59. The lowest BCUT2D eigenvalue weighted by molar-refractivity contribution is -0.125. The average Bonchev–Trinajstić information content (AvgIpc) is 2.23. The minimum Gasteiger partial charge on any atom is -0.508 e. The van der Waals surface area contributed by atoms with Crippen molar-refractivity contribution in [1.82, 2.24) is 0 Å². The largest absolute Gasteiger partial charge is 0.508 e. The molecule has 1 amide bonds. The lowest BCUT2D eigenvalue weighted by Crippen LogP contribution is -2.41. The molecule has 80 valence electrons. The second-order valence-electron chi connectivity index (χ2n) is 3.57. The van der Waals surface area contributed by atoms with Crippen LogP contribution in [0.1, 0.15) is 5.56 Å². The number of morpholine rings is 1. The Bertz CT molecular complexity index is 389. The molecule has 1 heterocycles. The number of benzene rings is 1. The van der Waals surface area contributed by atoms with Crippen LogP contribution in [-0.4, -0.2) is 30.8 Å². The van der Waals surface area contributed by atoms with E-state index in [4.69, 9.17) is 4.74 Å². The first-order valence-corrected chi connectivity index (χ1v) is 4.86. The molecule has 2 rings (SSSR count). The summed E-state index contributed by atoms with van der Waals surface area (Å²) in [5, 5.41) is 9.38. The number of carbonyl (C=O) groups is 1. The summed E-state index contributed by atoms with van der Waals surface area (Å²) >= 11 is 0. The van der Waals surface area contributed by atoms with Gasteiger partial charge in [0, 0.05) is 12.2 Å². The summed E-state index contributed by atoms with van der Waals surface area (Å²) in [6.07, 6.45) is 0. The van der Waals surface area contributed by atoms with E-state index in [1.807, 2.05) is 6.92 Å². The number of amides is 1. The van der Waals surface area contributed by atoms with Crippen LogP contribution in [-0.2, 0) is 9.53 Å². The van der Waals surface area contributed by atoms with E-state index >= 15 is 0 Å². The molecule has 1 N–H and O–H groups in total. The first kappa shape index (κ1) is 9.98. The summed E-state index contributed by atoms with van der Waals surface area (Å²) in [5.74, 6) is 0.214. The molecule has 0 aliphatic carbocycles. The molecule has 1 fully saturated rings. The zero-order chi connectivity index (χ0) is 10.8. The molecule has 0 unspecified atom stereocenters. The number of anilines is 1. The minimum atomic E-state index is -0.0358. The van der Waals surface area contributed by atoms with Crippen LogP contribution < -0.4 is 4.90 Å². The number of phenolic OH excluding ortho intramolecular Hbond substituents is 1. The van der Waals surface area contributed by atoms with Crippen molar-refractivity contribution < 1.29 is 14.6 Å². The predicted molar refractivity (Wildman–Crippen MR) is 56.0 cm³/mol. The van der Waals surface area contributed by atoms with Gasteiger partial charge in [-0.15, -0.1) is 0 Å². The van der Waals surface area contributed by atoms with Crippen LogP contribution in [0.3, 0.4) is 0 Å². The first-order chi connectivity index (χ1) is 7.18. The van der Waals surface area contributed by atoms with Gasteiger partial charge in [0.25, 0.3) is 5.91 Å². The van der Waals surface area contributed by atoms with Crippen molar-refractivity contribution in [2.45, 2.75) is 6.92 Å². The maximum absolute atomic E-state index is 11.5. The molecule has 4 heteroatoms. The highest BCUT2D eigenvalue weighted by Crippen LogP contribution is 2.24. The summed E-state index contributed by atoms with van der Waals surface area (Å²) in [6.45, 7) is 3.08. The summed E-state index contributed by atoms with van der Waals surface area (Å²) in [7, 11) is 0. The number of ether oxygens (including phenoxy) is 1. The molecule has 0 saturated carbocycles. The highest BCUT2D eigenvalue weighted by molar-refractivity contribution is 5.95. The van der Waals surface area contributed by atoms with E-state index in [9.17, 15) is 9.90 Å². The van der Waals surface area contributed by atoms with Gasteiger partial charge in [0.05, 0.1) is 6.61 Å². The van der Waals surface area contributed by atoms with E-state index in [0.717, 1.165) is 11.3 Å². The van der Waals surface area contributed by atoms with Gasteiger partial charge < -0.3 is 14.7 Å². The van der Waals surface area contributed by atoms with Crippen LogP contribution in [0, 0.1) is 6.92 Å². The number of nitrogens with zero attached hydrogens (tertiary/aromatic N) is 1. The minimum absolute atomic E-state index is 0.0358. The topological polar surface area (TPSA) is 49.8 Å². The number of phenols is 1. The molecule has 1 aliphatic heterocycles. The van der Waals surface area contributed by atoms with Gasteiger partial charge in [-0.05, 0) is 30.7 Å². The molecule has 15 heavy (non-hydrogen) atoms. The fourth-order valence-electron chi connectivity index (χ4n) is 1.60. The number of hydrogen-bond acceptors (Lipinski definition) is 3. The Morgan fingerprint density at radius 3 is 2.93 bits per heavy atom. The molecule has 4 nitrogen and oxygen atoms in total. The van der Waals surface area contributed by atoms with Gasteiger partial charge >= 0.3 is 0 Å². The van der Waals surface area contributed by atoms with Crippen LogP contribution in [0.2, 0.25) is 0 Å². The molecule has 0 bridgehead atoms. The Labute approximate surface area is 88.1 Å². The third-order valence-electron chi connectivity index (χ3n) is 2.48. The highest BCUT2D eigenvalue weighted by Gasteiger charge is 2.20. The molecular formula is C11H13NO3. The van der Waals surface area contributed by atoms with E-state index in [1.54, 1.807) is 23.1 Å². The van der Waals surface area contributed by atoms with Gasteiger partial charge in [0.1, 0.15) is 12.4 Å². The van der Waals surface area contributed by atoms with Crippen LogP contribution >= 0.6 is 0 Å².